The molecule has 1 aromatic rings. The zero-order valence-electron chi connectivity index (χ0n) is 10.7. The van der Waals surface area contributed by atoms with E-state index in [0.717, 1.165) is 12.8 Å². The number of β-amino-alcohol motifs (C(OH)–C–C–N with tert-alkyl or cyclic N) is 1. The Kier molecular flexibility index (Phi) is 4.50. The normalized spacial score (nSPS) is 19.1. The number of carbonyl (C=O) groups is 1. The van der Waals surface area contributed by atoms with E-state index in [2.05, 4.69) is 5.32 Å². The van der Waals surface area contributed by atoms with Crippen molar-refractivity contribution in [2.75, 3.05) is 25.5 Å². The van der Waals surface area contributed by atoms with Crippen molar-refractivity contribution in [2.24, 2.45) is 0 Å². The molecule has 1 aliphatic rings. The average Bonchev–Trinajstić information content (AvgIpc) is 2.39. The zero-order chi connectivity index (χ0) is 13.8. The fourth-order valence-electron chi connectivity index (χ4n) is 2.15. The molecule has 0 aromatic heterocycles. The lowest BCUT2D eigenvalue weighted by atomic mass is 10.1. The van der Waals surface area contributed by atoms with Crippen LogP contribution < -0.4 is 10.1 Å². The lowest BCUT2D eigenvalue weighted by Crippen LogP contribution is -2.44. The molecule has 1 aliphatic heterocycles. The number of carbonyl (C=O) groups excluding carboxylic acids is 1. The van der Waals surface area contributed by atoms with Crippen LogP contribution in [0.1, 0.15) is 12.8 Å². The summed E-state index contributed by atoms with van der Waals surface area (Å²) < 4.78 is 5.17. The summed E-state index contributed by atoms with van der Waals surface area (Å²) in [6.45, 7) is 1.00. The van der Waals surface area contributed by atoms with Crippen LogP contribution >= 0.6 is 11.6 Å². The Morgan fingerprint density at radius 3 is 3.05 bits per heavy atom. The van der Waals surface area contributed by atoms with Gasteiger partial charge in [0, 0.05) is 13.1 Å². The first-order valence-corrected chi connectivity index (χ1v) is 6.56. The van der Waals surface area contributed by atoms with Crippen molar-refractivity contribution in [3.8, 4) is 5.75 Å². The van der Waals surface area contributed by atoms with Crippen LogP contribution in [0.4, 0.5) is 10.5 Å². The molecular formula is C13H17ClN2O3. The number of hydrogen-bond acceptors (Lipinski definition) is 3. The van der Waals surface area contributed by atoms with Gasteiger partial charge in [0.05, 0.1) is 23.9 Å². The van der Waals surface area contributed by atoms with Gasteiger partial charge >= 0.3 is 6.03 Å². The van der Waals surface area contributed by atoms with E-state index in [9.17, 15) is 9.90 Å². The van der Waals surface area contributed by atoms with E-state index < -0.39 is 6.10 Å². The third-order valence-corrected chi connectivity index (χ3v) is 3.39. The van der Waals surface area contributed by atoms with Crippen LogP contribution in [-0.4, -0.2) is 42.3 Å². The Bertz CT molecular complexity index is 467. The smallest absolute Gasteiger partial charge is 0.322 e. The average molecular weight is 285 g/mol. The largest absolute Gasteiger partial charge is 0.493 e. The van der Waals surface area contributed by atoms with Crippen LogP contribution in [0.5, 0.6) is 5.75 Å². The summed E-state index contributed by atoms with van der Waals surface area (Å²) in [6.07, 6.45) is 1.10. The maximum atomic E-state index is 12.1. The van der Waals surface area contributed by atoms with Crippen LogP contribution in [0.2, 0.25) is 5.02 Å². The van der Waals surface area contributed by atoms with Gasteiger partial charge in [-0.05, 0) is 25.0 Å². The number of anilines is 1. The molecule has 5 nitrogen and oxygen atoms in total. The third kappa shape index (κ3) is 3.30. The van der Waals surface area contributed by atoms with E-state index in [-0.39, 0.29) is 6.03 Å². The number of rotatable bonds is 2. The molecule has 2 amide bonds. The van der Waals surface area contributed by atoms with Gasteiger partial charge < -0.3 is 20.1 Å². The SMILES string of the molecule is COc1c(Cl)cccc1NC(=O)N1CCCC(O)C1. The molecule has 0 saturated carbocycles. The van der Waals surface area contributed by atoms with Gasteiger partial charge in [-0.15, -0.1) is 0 Å². The van der Waals surface area contributed by atoms with Crippen LogP contribution in [-0.2, 0) is 0 Å². The molecule has 104 valence electrons. The van der Waals surface area contributed by atoms with Gasteiger partial charge in [-0.25, -0.2) is 4.79 Å². The molecular weight excluding hydrogens is 268 g/mol. The Labute approximate surface area is 117 Å². The second-order valence-corrected chi connectivity index (χ2v) is 4.90. The van der Waals surface area contributed by atoms with Gasteiger partial charge in [-0.3, -0.25) is 0 Å². The molecule has 0 spiro atoms. The zero-order valence-corrected chi connectivity index (χ0v) is 11.5. The van der Waals surface area contributed by atoms with Crippen LogP contribution in [0, 0.1) is 0 Å². The van der Waals surface area contributed by atoms with Crippen molar-refractivity contribution in [1.29, 1.82) is 0 Å². The number of benzene rings is 1. The number of piperidine rings is 1. The summed E-state index contributed by atoms with van der Waals surface area (Å²) in [6, 6.07) is 4.91. The Morgan fingerprint density at radius 1 is 1.58 bits per heavy atom. The molecule has 1 fully saturated rings. The van der Waals surface area contributed by atoms with Gasteiger partial charge in [-0.2, -0.15) is 0 Å². The van der Waals surface area contributed by atoms with Crippen LogP contribution in [0.3, 0.4) is 0 Å². The van der Waals surface area contributed by atoms with Crippen molar-refractivity contribution in [2.45, 2.75) is 18.9 Å². The highest BCUT2D eigenvalue weighted by molar-refractivity contribution is 6.32. The van der Waals surface area contributed by atoms with Gasteiger partial charge in [0.25, 0.3) is 0 Å². The molecule has 2 N–H and O–H groups in total. The topological polar surface area (TPSA) is 61.8 Å². The van der Waals surface area contributed by atoms with E-state index in [0.29, 0.717) is 29.5 Å². The molecule has 1 saturated heterocycles. The predicted octanol–water partition coefficient (Wildman–Crippen LogP) is 2.34. The van der Waals surface area contributed by atoms with Crippen LogP contribution in [0.25, 0.3) is 0 Å². The number of halogens is 1. The van der Waals surface area contributed by atoms with E-state index in [4.69, 9.17) is 16.3 Å². The lowest BCUT2D eigenvalue weighted by Gasteiger charge is -2.30. The number of methoxy groups -OCH3 is 1. The number of nitrogens with zero attached hydrogens (tertiary/aromatic N) is 1. The van der Waals surface area contributed by atoms with E-state index in [1.165, 1.54) is 7.11 Å². The van der Waals surface area contributed by atoms with Crippen molar-refractivity contribution in [3.63, 3.8) is 0 Å². The monoisotopic (exact) mass is 284 g/mol. The summed E-state index contributed by atoms with van der Waals surface area (Å²) >= 11 is 5.99. The van der Waals surface area contributed by atoms with Crippen molar-refractivity contribution >= 4 is 23.3 Å². The van der Waals surface area contributed by atoms with Crippen molar-refractivity contribution < 1.29 is 14.6 Å². The first kappa shape index (κ1) is 14.0. The number of para-hydroxylation sites is 1. The molecule has 1 aromatic carbocycles. The maximum Gasteiger partial charge on any atom is 0.322 e. The maximum absolute atomic E-state index is 12.1. The number of likely N-dealkylation sites (tertiary alicyclic amines) is 1. The number of ether oxygens (including phenoxy) is 1. The minimum Gasteiger partial charge on any atom is -0.493 e. The van der Waals surface area contributed by atoms with Crippen molar-refractivity contribution in [1.82, 2.24) is 4.90 Å². The molecule has 0 radical (unpaired) electrons. The quantitative estimate of drug-likeness (QED) is 0.876. The van der Waals surface area contributed by atoms with Gasteiger partial charge in [-0.1, -0.05) is 17.7 Å². The molecule has 0 bridgehead atoms. The summed E-state index contributed by atoms with van der Waals surface area (Å²) in [4.78, 5) is 13.7. The number of aliphatic hydroxyl groups is 1. The number of hydrogen-bond donors (Lipinski definition) is 2. The number of amides is 2. The molecule has 19 heavy (non-hydrogen) atoms. The van der Waals surface area contributed by atoms with E-state index in [1.807, 2.05) is 0 Å². The summed E-state index contributed by atoms with van der Waals surface area (Å²) in [5.74, 6) is 0.440. The fourth-order valence-corrected chi connectivity index (χ4v) is 2.40. The Morgan fingerprint density at radius 2 is 2.37 bits per heavy atom. The highest BCUT2D eigenvalue weighted by Crippen LogP contribution is 2.32. The summed E-state index contributed by atoms with van der Waals surface area (Å²) in [5.41, 5.74) is 0.528. The number of aliphatic hydroxyl groups excluding tert-OH is 1. The standard InChI is InChI=1S/C13H17ClN2O3/c1-19-12-10(14)5-2-6-11(12)15-13(18)16-7-3-4-9(17)8-16/h2,5-6,9,17H,3-4,7-8H2,1H3,(H,15,18). The van der Waals surface area contributed by atoms with E-state index >= 15 is 0 Å². The minimum atomic E-state index is -0.444. The summed E-state index contributed by atoms with van der Waals surface area (Å²) in [5, 5.41) is 12.8. The van der Waals surface area contributed by atoms with Crippen LogP contribution in [0.15, 0.2) is 18.2 Å². The number of urea groups is 1. The molecule has 0 aliphatic carbocycles. The van der Waals surface area contributed by atoms with E-state index in [1.54, 1.807) is 23.1 Å². The molecule has 1 atom stereocenters. The first-order valence-electron chi connectivity index (χ1n) is 6.18. The Hall–Kier alpha value is -1.46. The second kappa shape index (κ2) is 6.12. The third-order valence-electron chi connectivity index (χ3n) is 3.10. The molecule has 6 heteroatoms. The number of nitrogens with one attached hydrogen (secondary N) is 1. The van der Waals surface area contributed by atoms with Gasteiger partial charge in [0.1, 0.15) is 0 Å². The summed E-state index contributed by atoms with van der Waals surface area (Å²) in [7, 11) is 1.50. The molecule has 1 unspecified atom stereocenters. The highest BCUT2D eigenvalue weighted by Gasteiger charge is 2.22. The molecule has 1 heterocycles. The van der Waals surface area contributed by atoms with Gasteiger partial charge in [0.15, 0.2) is 5.75 Å². The second-order valence-electron chi connectivity index (χ2n) is 4.49. The van der Waals surface area contributed by atoms with Gasteiger partial charge in [0.2, 0.25) is 0 Å². The predicted molar refractivity (Wildman–Crippen MR) is 73.8 cm³/mol. The minimum absolute atomic E-state index is 0.251. The molecule has 2 rings (SSSR count). The Balaban J connectivity index is 2.08. The fraction of sp³-hybridized carbons (Fsp3) is 0.462. The first-order chi connectivity index (χ1) is 9.11. The van der Waals surface area contributed by atoms with Crippen molar-refractivity contribution in [3.05, 3.63) is 23.2 Å². The lowest BCUT2D eigenvalue weighted by molar-refractivity contribution is 0.0883. The highest BCUT2D eigenvalue weighted by atomic mass is 35.5.